The lowest BCUT2D eigenvalue weighted by molar-refractivity contribution is 0.669. The predicted molar refractivity (Wildman–Crippen MR) is 247 cm³/mol. The number of thiophene rings is 1. The lowest BCUT2D eigenvalue weighted by Crippen LogP contribution is -2.10. The summed E-state index contributed by atoms with van der Waals surface area (Å²) in [6, 6.07) is 74.4. The second-order valence-electron chi connectivity index (χ2n) is 14.9. The summed E-state index contributed by atoms with van der Waals surface area (Å²) in [7, 11) is 0. The number of para-hydroxylation sites is 2. The maximum Gasteiger partial charge on any atom is 0.136 e. The molecule has 0 spiro atoms. The van der Waals surface area contributed by atoms with Crippen molar-refractivity contribution in [3.8, 4) is 27.9 Å². The Labute approximate surface area is 338 Å². The molecule has 0 N–H and O–H groups in total. The van der Waals surface area contributed by atoms with Crippen LogP contribution in [0, 0.1) is 0 Å². The van der Waals surface area contributed by atoms with Gasteiger partial charge in [-0.1, -0.05) is 115 Å². The fourth-order valence-corrected chi connectivity index (χ4v) is 9.98. The summed E-state index contributed by atoms with van der Waals surface area (Å²) in [6.07, 6.45) is 0. The highest BCUT2D eigenvalue weighted by atomic mass is 32.1. The second kappa shape index (κ2) is 13.1. The van der Waals surface area contributed by atoms with Gasteiger partial charge in [0.05, 0.1) is 11.0 Å². The molecule has 3 aromatic heterocycles. The maximum absolute atomic E-state index is 6.33. The highest BCUT2D eigenvalue weighted by Crippen LogP contribution is 2.43. The van der Waals surface area contributed by atoms with Gasteiger partial charge >= 0.3 is 0 Å². The van der Waals surface area contributed by atoms with E-state index in [9.17, 15) is 0 Å². The molecular weight excluding hydrogens is 725 g/mol. The highest BCUT2D eigenvalue weighted by molar-refractivity contribution is 7.25. The van der Waals surface area contributed by atoms with E-state index in [1.807, 2.05) is 17.4 Å². The SMILES string of the molecule is c1ccc(-c2ccc(N(c3ccc(-c4ccc5sc6ccccc6c5c4)cc3)c3ccc(-n4c5ccccc5c5c6c(ccc54)oc4ccccc46)cc3)cc2)cc1. The first-order chi connectivity index (χ1) is 28.7. The molecular formula is C54H34N2OS. The Kier molecular flexibility index (Phi) is 7.40. The molecule has 3 nitrogen and oxygen atoms in total. The first-order valence-electron chi connectivity index (χ1n) is 19.7. The Hall–Kier alpha value is -7.40. The number of nitrogens with zero attached hydrogens (tertiary/aromatic N) is 2. The van der Waals surface area contributed by atoms with Crippen molar-refractivity contribution >= 4 is 92.3 Å². The van der Waals surface area contributed by atoms with Crippen LogP contribution in [0.25, 0.3) is 91.9 Å². The van der Waals surface area contributed by atoms with Crippen LogP contribution in [-0.2, 0) is 0 Å². The monoisotopic (exact) mass is 758 g/mol. The number of hydrogen-bond acceptors (Lipinski definition) is 3. The molecule has 0 bridgehead atoms. The molecule has 12 rings (SSSR count). The predicted octanol–water partition coefficient (Wildman–Crippen LogP) is 15.9. The molecule has 272 valence electrons. The third-order valence-electron chi connectivity index (χ3n) is 11.6. The van der Waals surface area contributed by atoms with Crippen LogP contribution in [0.15, 0.2) is 211 Å². The minimum absolute atomic E-state index is 0.910. The number of aromatic nitrogens is 1. The molecule has 0 amide bonds. The minimum atomic E-state index is 0.910. The van der Waals surface area contributed by atoms with Crippen molar-refractivity contribution < 1.29 is 4.42 Å². The van der Waals surface area contributed by atoms with Crippen molar-refractivity contribution in [1.82, 2.24) is 4.57 Å². The van der Waals surface area contributed by atoms with Crippen molar-refractivity contribution in [1.29, 1.82) is 0 Å². The van der Waals surface area contributed by atoms with Crippen molar-refractivity contribution in [2.24, 2.45) is 0 Å². The number of fused-ring (bicyclic) bond motifs is 10. The number of hydrogen-bond donors (Lipinski definition) is 0. The lowest BCUT2D eigenvalue weighted by atomic mass is 10.0. The molecule has 0 unspecified atom stereocenters. The Morgan fingerprint density at radius 2 is 0.931 bits per heavy atom. The molecule has 58 heavy (non-hydrogen) atoms. The zero-order valence-electron chi connectivity index (χ0n) is 31.3. The summed E-state index contributed by atoms with van der Waals surface area (Å²) in [6.45, 7) is 0. The van der Waals surface area contributed by atoms with Crippen LogP contribution < -0.4 is 4.90 Å². The summed E-state index contributed by atoms with van der Waals surface area (Å²) >= 11 is 1.86. The number of furan rings is 1. The number of anilines is 3. The first kappa shape index (κ1) is 32.8. The van der Waals surface area contributed by atoms with Gasteiger partial charge in [0.15, 0.2) is 0 Å². The van der Waals surface area contributed by atoms with E-state index in [4.69, 9.17) is 4.42 Å². The lowest BCUT2D eigenvalue weighted by Gasteiger charge is -2.26. The van der Waals surface area contributed by atoms with Crippen LogP contribution in [0.4, 0.5) is 17.1 Å². The molecule has 0 saturated heterocycles. The van der Waals surface area contributed by atoms with Crippen molar-refractivity contribution in [3.63, 3.8) is 0 Å². The third kappa shape index (κ3) is 5.19. The van der Waals surface area contributed by atoms with Gasteiger partial charge in [0.2, 0.25) is 0 Å². The van der Waals surface area contributed by atoms with Crippen LogP contribution in [0.5, 0.6) is 0 Å². The average molecular weight is 759 g/mol. The molecule has 0 aliphatic rings. The topological polar surface area (TPSA) is 21.3 Å². The van der Waals surface area contributed by atoms with E-state index < -0.39 is 0 Å². The van der Waals surface area contributed by atoms with E-state index in [2.05, 4.69) is 210 Å². The first-order valence-corrected chi connectivity index (χ1v) is 20.5. The van der Waals surface area contributed by atoms with Gasteiger partial charge in [0.25, 0.3) is 0 Å². The average Bonchev–Trinajstić information content (AvgIpc) is 3.97. The number of rotatable bonds is 6. The second-order valence-corrected chi connectivity index (χ2v) is 16.0. The fraction of sp³-hybridized carbons (Fsp3) is 0. The molecule has 0 aliphatic carbocycles. The molecule has 4 heteroatoms. The van der Waals surface area contributed by atoms with Crippen LogP contribution in [0.1, 0.15) is 0 Å². The Balaban J connectivity index is 0.970. The van der Waals surface area contributed by atoms with Crippen molar-refractivity contribution in [2.75, 3.05) is 4.90 Å². The zero-order valence-corrected chi connectivity index (χ0v) is 32.2. The molecule has 0 aliphatic heterocycles. The summed E-state index contributed by atoms with van der Waals surface area (Å²) in [5, 5.41) is 7.37. The van der Waals surface area contributed by atoms with E-state index >= 15 is 0 Å². The standard InChI is InChI=1S/C54H34N2OS/c1-2-10-35(11-3-1)36-18-23-39(24-19-36)55(40-25-20-37(21-26-40)38-22-33-52-46(34-38)43-12-6-9-17-51(43)58-52)41-27-29-42(30-28-41)56-47-15-7-4-13-44(47)53-48(56)31-32-50-54(53)45-14-5-8-16-49(45)57-50/h1-34H. The van der Waals surface area contributed by atoms with Crippen molar-refractivity contribution in [3.05, 3.63) is 206 Å². The van der Waals surface area contributed by atoms with Gasteiger partial charge in [0.1, 0.15) is 11.2 Å². The van der Waals surface area contributed by atoms with E-state index in [1.54, 1.807) is 0 Å². The van der Waals surface area contributed by atoms with Gasteiger partial charge in [-0.15, -0.1) is 11.3 Å². The van der Waals surface area contributed by atoms with Gasteiger partial charge < -0.3 is 13.9 Å². The van der Waals surface area contributed by atoms with E-state index in [-0.39, 0.29) is 0 Å². The highest BCUT2D eigenvalue weighted by Gasteiger charge is 2.20. The zero-order chi connectivity index (χ0) is 38.2. The molecule has 3 heterocycles. The van der Waals surface area contributed by atoms with E-state index in [0.29, 0.717) is 0 Å². The smallest absolute Gasteiger partial charge is 0.136 e. The van der Waals surface area contributed by atoms with Crippen molar-refractivity contribution in [2.45, 2.75) is 0 Å². The van der Waals surface area contributed by atoms with Crippen LogP contribution in [0.2, 0.25) is 0 Å². The van der Waals surface area contributed by atoms with Crippen LogP contribution in [-0.4, -0.2) is 4.57 Å². The largest absolute Gasteiger partial charge is 0.456 e. The molecule has 12 aromatic rings. The maximum atomic E-state index is 6.33. The normalized spacial score (nSPS) is 11.8. The van der Waals surface area contributed by atoms with Crippen LogP contribution >= 0.6 is 11.3 Å². The Morgan fingerprint density at radius 1 is 0.362 bits per heavy atom. The number of benzene rings is 9. The Morgan fingerprint density at radius 3 is 1.69 bits per heavy atom. The van der Waals surface area contributed by atoms with Gasteiger partial charge in [-0.05, 0) is 113 Å². The van der Waals surface area contributed by atoms with Gasteiger partial charge in [-0.2, -0.15) is 0 Å². The quantitative estimate of drug-likeness (QED) is 0.168. The van der Waals surface area contributed by atoms with E-state index in [1.165, 1.54) is 58.7 Å². The molecule has 9 aromatic carbocycles. The Bertz CT molecular complexity index is 3480. The minimum Gasteiger partial charge on any atom is -0.456 e. The van der Waals surface area contributed by atoms with Crippen LogP contribution in [0.3, 0.4) is 0 Å². The molecule has 0 saturated carbocycles. The molecule has 0 fully saturated rings. The van der Waals surface area contributed by atoms with Gasteiger partial charge in [-0.25, -0.2) is 0 Å². The summed E-state index contributed by atoms with van der Waals surface area (Å²) in [5.74, 6) is 0. The summed E-state index contributed by atoms with van der Waals surface area (Å²) < 4.78 is 11.4. The van der Waals surface area contributed by atoms with Gasteiger partial charge in [0, 0.05) is 64.5 Å². The summed E-state index contributed by atoms with van der Waals surface area (Å²) in [5.41, 5.74) is 13.3. The van der Waals surface area contributed by atoms with E-state index in [0.717, 1.165) is 50.2 Å². The third-order valence-corrected chi connectivity index (χ3v) is 12.8. The molecule has 0 radical (unpaired) electrons. The fourth-order valence-electron chi connectivity index (χ4n) is 8.89. The summed E-state index contributed by atoms with van der Waals surface area (Å²) in [4.78, 5) is 2.35. The van der Waals surface area contributed by atoms with Gasteiger partial charge in [-0.3, -0.25) is 0 Å². The molecule has 0 atom stereocenters.